The van der Waals surface area contributed by atoms with Gasteiger partial charge in [0.05, 0.1) is 37.8 Å². The minimum Gasteiger partial charge on any atom is -0.465 e. The minimum absolute atomic E-state index is 0.340. The summed E-state index contributed by atoms with van der Waals surface area (Å²) in [6.45, 7) is 6.95. The molecule has 1 aromatic rings. The number of esters is 1. The van der Waals surface area contributed by atoms with Crippen molar-refractivity contribution in [1.82, 2.24) is 9.88 Å². The van der Waals surface area contributed by atoms with Gasteiger partial charge in [-0.2, -0.15) is 0 Å². The van der Waals surface area contributed by atoms with Crippen LogP contribution in [0.15, 0.2) is 18.5 Å². The van der Waals surface area contributed by atoms with Gasteiger partial charge in [-0.1, -0.05) is 0 Å². The van der Waals surface area contributed by atoms with Crippen molar-refractivity contribution in [3.05, 3.63) is 24.0 Å². The van der Waals surface area contributed by atoms with E-state index in [4.69, 9.17) is 9.47 Å². The lowest BCUT2D eigenvalue weighted by Crippen LogP contribution is -2.50. The number of aromatic nitrogens is 1. The molecule has 0 aromatic carbocycles. The monoisotopic (exact) mass is 291 g/mol. The Hall–Kier alpha value is -1.66. The first kappa shape index (κ1) is 14.3. The second-order valence-electron chi connectivity index (χ2n) is 5.61. The third-order valence-corrected chi connectivity index (χ3v) is 4.11. The quantitative estimate of drug-likeness (QED) is 0.759. The van der Waals surface area contributed by atoms with Crippen molar-refractivity contribution in [1.29, 1.82) is 0 Å². The smallest absolute Gasteiger partial charge is 0.339 e. The van der Waals surface area contributed by atoms with E-state index in [1.165, 1.54) is 7.11 Å². The highest BCUT2D eigenvalue weighted by Gasteiger charge is 2.24. The summed E-state index contributed by atoms with van der Waals surface area (Å²) in [5, 5.41) is 0. The average Bonchev–Trinajstić information content (AvgIpc) is 2.51. The first-order valence-corrected chi connectivity index (χ1v) is 7.34. The molecule has 3 heterocycles. The van der Waals surface area contributed by atoms with E-state index in [-0.39, 0.29) is 5.97 Å². The summed E-state index contributed by atoms with van der Waals surface area (Å²) in [6.07, 6.45) is 3.35. The predicted octanol–water partition coefficient (Wildman–Crippen LogP) is 0.637. The number of pyridine rings is 1. The fourth-order valence-electron chi connectivity index (χ4n) is 2.77. The molecular formula is C15H21N3O3. The summed E-state index contributed by atoms with van der Waals surface area (Å²) in [6, 6.07) is 1.86. The number of methoxy groups -OCH3 is 1. The lowest BCUT2D eigenvalue weighted by Gasteiger charge is -2.39. The average molecular weight is 291 g/mol. The standard InChI is InChI=1S/C15H21N3O3/c1-20-15(19)13-6-14(8-16-7-13)18-4-2-17(3-5-18)9-12-10-21-11-12/h6-8,12H,2-5,9-11H2,1H3. The molecule has 0 atom stereocenters. The third-order valence-electron chi connectivity index (χ3n) is 4.11. The molecule has 2 aliphatic rings. The highest BCUT2D eigenvalue weighted by Crippen LogP contribution is 2.19. The van der Waals surface area contributed by atoms with Gasteiger partial charge in [0, 0.05) is 44.8 Å². The van der Waals surface area contributed by atoms with E-state index in [1.807, 2.05) is 12.3 Å². The molecule has 1 aromatic heterocycles. The van der Waals surface area contributed by atoms with Crippen molar-refractivity contribution < 1.29 is 14.3 Å². The van der Waals surface area contributed by atoms with Crippen molar-refractivity contribution in [2.45, 2.75) is 0 Å². The zero-order chi connectivity index (χ0) is 14.7. The highest BCUT2D eigenvalue weighted by molar-refractivity contribution is 5.89. The van der Waals surface area contributed by atoms with Crippen LogP contribution in [-0.2, 0) is 9.47 Å². The molecule has 0 saturated carbocycles. The van der Waals surface area contributed by atoms with Gasteiger partial charge in [-0.15, -0.1) is 0 Å². The van der Waals surface area contributed by atoms with Crippen LogP contribution in [0.2, 0.25) is 0 Å². The maximum absolute atomic E-state index is 11.6. The Bertz CT molecular complexity index is 497. The number of carbonyl (C=O) groups is 1. The van der Waals surface area contributed by atoms with Gasteiger partial charge in [-0.25, -0.2) is 4.79 Å². The van der Waals surface area contributed by atoms with Crippen LogP contribution in [0.5, 0.6) is 0 Å². The fourth-order valence-corrected chi connectivity index (χ4v) is 2.77. The number of ether oxygens (including phenoxy) is 2. The summed E-state index contributed by atoms with van der Waals surface area (Å²) in [5.41, 5.74) is 1.49. The van der Waals surface area contributed by atoms with E-state index < -0.39 is 0 Å². The maximum Gasteiger partial charge on any atom is 0.339 e. The molecule has 0 amide bonds. The molecule has 0 bridgehead atoms. The molecule has 0 aliphatic carbocycles. The number of rotatable bonds is 4. The number of anilines is 1. The summed E-state index contributed by atoms with van der Waals surface area (Å²) >= 11 is 0. The Kier molecular flexibility index (Phi) is 4.36. The van der Waals surface area contributed by atoms with Gasteiger partial charge in [0.1, 0.15) is 0 Å². The number of carbonyl (C=O) groups excluding carboxylic acids is 1. The number of nitrogens with zero attached hydrogens (tertiary/aromatic N) is 3. The van der Waals surface area contributed by atoms with Gasteiger partial charge >= 0.3 is 5.97 Å². The zero-order valence-corrected chi connectivity index (χ0v) is 12.3. The van der Waals surface area contributed by atoms with E-state index in [2.05, 4.69) is 14.8 Å². The first-order valence-electron chi connectivity index (χ1n) is 7.34. The van der Waals surface area contributed by atoms with E-state index in [1.54, 1.807) is 6.20 Å². The molecule has 0 N–H and O–H groups in total. The van der Waals surface area contributed by atoms with Crippen LogP contribution in [0.3, 0.4) is 0 Å². The van der Waals surface area contributed by atoms with Crippen molar-refractivity contribution in [3.63, 3.8) is 0 Å². The number of hydrogen-bond acceptors (Lipinski definition) is 6. The first-order chi connectivity index (χ1) is 10.3. The Morgan fingerprint density at radius 1 is 1.33 bits per heavy atom. The van der Waals surface area contributed by atoms with Gasteiger partial charge in [0.15, 0.2) is 0 Å². The van der Waals surface area contributed by atoms with Crippen LogP contribution < -0.4 is 4.90 Å². The third kappa shape index (κ3) is 3.33. The second-order valence-corrected chi connectivity index (χ2v) is 5.61. The number of hydrogen-bond donors (Lipinski definition) is 0. The molecule has 2 saturated heterocycles. The molecule has 21 heavy (non-hydrogen) atoms. The Morgan fingerprint density at radius 3 is 2.71 bits per heavy atom. The molecule has 0 unspecified atom stereocenters. The van der Waals surface area contributed by atoms with Crippen molar-refractivity contribution in [3.8, 4) is 0 Å². The second kappa shape index (κ2) is 6.41. The van der Waals surface area contributed by atoms with E-state index in [0.717, 1.165) is 51.6 Å². The fraction of sp³-hybridized carbons (Fsp3) is 0.600. The van der Waals surface area contributed by atoms with Gasteiger partial charge in [-0.05, 0) is 6.07 Å². The van der Waals surface area contributed by atoms with Gasteiger partial charge in [0.25, 0.3) is 0 Å². The zero-order valence-electron chi connectivity index (χ0n) is 12.3. The van der Waals surface area contributed by atoms with Gasteiger partial charge in [0.2, 0.25) is 0 Å². The molecule has 2 aliphatic heterocycles. The highest BCUT2D eigenvalue weighted by atomic mass is 16.5. The summed E-state index contributed by atoms with van der Waals surface area (Å²) in [5.74, 6) is 0.369. The van der Waals surface area contributed by atoms with Crippen LogP contribution in [0, 0.1) is 5.92 Å². The van der Waals surface area contributed by atoms with E-state index in [9.17, 15) is 4.79 Å². The van der Waals surface area contributed by atoms with Crippen molar-refractivity contribution in [2.24, 2.45) is 5.92 Å². The van der Waals surface area contributed by atoms with E-state index >= 15 is 0 Å². The normalized spacial score (nSPS) is 20.1. The van der Waals surface area contributed by atoms with Crippen LogP contribution in [0.4, 0.5) is 5.69 Å². The summed E-state index contributed by atoms with van der Waals surface area (Å²) in [4.78, 5) is 20.5. The molecule has 0 spiro atoms. The molecule has 6 nitrogen and oxygen atoms in total. The maximum atomic E-state index is 11.6. The van der Waals surface area contributed by atoms with Gasteiger partial charge in [-0.3, -0.25) is 9.88 Å². The topological polar surface area (TPSA) is 54.9 Å². The minimum atomic E-state index is -0.340. The van der Waals surface area contributed by atoms with E-state index in [0.29, 0.717) is 11.5 Å². The lowest BCUT2D eigenvalue weighted by atomic mass is 10.1. The largest absolute Gasteiger partial charge is 0.465 e. The van der Waals surface area contributed by atoms with Crippen LogP contribution in [-0.4, -0.2) is 68.9 Å². The summed E-state index contributed by atoms with van der Waals surface area (Å²) < 4.78 is 9.96. The van der Waals surface area contributed by atoms with Gasteiger partial charge < -0.3 is 14.4 Å². The molecule has 2 fully saturated rings. The summed E-state index contributed by atoms with van der Waals surface area (Å²) in [7, 11) is 1.39. The molecule has 3 rings (SSSR count). The predicted molar refractivity (Wildman–Crippen MR) is 78.5 cm³/mol. The van der Waals surface area contributed by atoms with Crippen LogP contribution in [0.25, 0.3) is 0 Å². The molecule has 6 heteroatoms. The Balaban J connectivity index is 1.57. The molecular weight excluding hydrogens is 270 g/mol. The Morgan fingerprint density at radius 2 is 2.10 bits per heavy atom. The Labute approximate surface area is 124 Å². The molecule has 0 radical (unpaired) electrons. The lowest BCUT2D eigenvalue weighted by molar-refractivity contribution is -0.0468. The SMILES string of the molecule is COC(=O)c1cncc(N2CCN(CC3COC3)CC2)c1. The van der Waals surface area contributed by atoms with Crippen LogP contribution in [0.1, 0.15) is 10.4 Å². The van der Waals surface area contributed by atoms with Crippen LogP contribution >= 0.6 is 0 Å². The molecule has 114 valence electrons. The van der Waals surface area contributed by atoms with Crippen molar-refractivity contribution >= 4 is 11.7 Å². The number of piperazine rings is 1. The van der Waals surface area contributed by atoms with Crippen molar-refractivity contribution in [2.75, 3.05) is 57.9 Å².